The lowest BCUT2D eigenvalue weighted by atomic mass is 10.0. The number of unbranched alkanes of at least 4 members (excludes halogenated alkanes) is 51. The summed E-state index contributed by atoms with van der Waals surface area (Å²) in [7, 11) is 0. The Kier molecular flexibility index (Phi) is 65.9. The first-order valence-electron chi connectivity index (χ1n) is 35.3. The van der Waals surface area contributed by atoms with E-state index in [0.29, 0.717) is 19.4 Å². The Labute approximate surface area is 487 Å². The molecule has 0 aliphatic carbocycles. The molecule has 6 nitrogen and oxygen atoms in total. The molecule has 0 aliphatic heterocycles. The van der Waals surface area contributed by atoms with Gasteiger partial charge >= 0.3 is 5.97 Å². The van der Waals surface area contributed by atoms with E-state index in [1.54, 1.807) is 6.08 Å². The van der Waals surface area contributed by atoms with E-state index in [4.69, 9.17) is 4.74 Å². The van der Waals surface area contributed by atoms with Crippen molar-refractivity contribution in [2.75, 3.05) is 13.2 Å². The Bertz CT molecular complexity index is 1260. The fraction of sp³-hybridized carbons (Fsp3) is 0.889. The first kappa shape index (κ1) is 76.1. The standard InChI is InChI=1S/C72H137NO5/c1-3-5-7-9-11-13-15-17-19-33-38-42-46-50-54-58-62-66-72(77)78-67-63-59-55-51-47-43-39-35-32-30-28-26-24-22-20-21-23-25-27-29-31-34-37-41-45-49-53-57-61-65-71(76)73-69(68-74)70(75)64-60-56-52-48-44-40-36-18-16-14-12-10-8-6-4-2/h11,13,17,19,60,64,69-70,74-75H,3-10,12,14-16,18,20-59,61-63,65-68H2,1-2H3,(H,73,76)/b13-11-,19-17-,64-60+. The van der Waals surface area contributed by atoms with E-state index in [0.717, 1.165) is 51.4 Å². The summed E-state index contributed by atoms with van der Waals surface area (Å²) in [6.45, 7) is 4.90. The number of ether oxygens (including phenoxy) is 1. The van der Waals surface area contributed by atoms with Gasteiger partial charge in [0.05, 0.1) is 25.4 Å². The van der Waals surface area contributed by atoms with E-state index in [1.165, 1.54) is 308 Å². The maximum atomic E-state index is 12.5. The van der Waals surface area contributed by atoms with Crippen molar-refractivity contribution < 1.29 is 24.5 Å². The molecule has 2 unspecified atom stereocenters. The van der Waals surface area contributed by atoms with Crippen LogP contribution < -0.4 is 5.32 Å². The van der Waals surface area contributed by atoms with Gasteiger partial charge in [-0.2, -0.15) is 0 Å². The normalized spacial score (nSPS) is 12.7. The van der Waals surface area contributed by atoms with Crippen molar-refractivity contribution in [2.45, 2.75) is 398 Å². The lowest BCUT2D eigenvalue weighted by molar-refractivity contribution is -0.143. The molecule has 0 radical (unpaired) electrons. The molecule has 0 aromatic rings. The van der Waals surface area contributed by atoms with E-state index >= 15 is 0 Å². The highest BCUT2D eigenvalue weighted by Gasteiger charge is 2.18. The summed E-state index contributed by atoms with van der Waals surface area (Å²) in [5.74, 6) is -0.0506. The molecule has 0 spiro atoms. The van der Waals surface area contributed by atoms with Crippen molar-refractivity contribution in [1.82, 2.24) is 5.32 Å². The molecule has 0 aromatic heterocycles. The van der Waals surface area contributed by atoms with Crippen LogP contribution in [0.5, 0.6) is 0 Å². The zero-order valence-corrected chi connectivity index (χ0v) is 52.7. The highest BCUT2D eigenvalue weighted by molar-refractivity contribution is 5.76. The van der Waals surface area contributed by atoms with E-state index < -0.39 is 12.1 Å². The zero-order valence-electron chi connectivity index (χ0n) is 52.7. The molecule has 1 amide bonds. The molecule has 2 atom stereocenters. The third kappa shape index (κ3) is 63.3. The number of amides is 1. The number of allylic oxidation sites excluding steroid dienone is 5. The minimum atomic E-state index is -0.842. The van der Waals surface area contributed by atoms with Gasteiger partial charge in [-0.3, -0.25) is 9.59 Å². The number of aliphatic hydroxyl groups excluding tert-OH is 2. The van der Waals surface area contributed by atoms with Crippen LogP contribution in [-0.2, 0) is 14.3 Å². The Hall–Kier alpha value is -1.92. The lowest BCUT2D eigenvalue weighted by Crippen LogP contribution is -2.45. The summed E-state index contributed by atoms with van der Waals surface area (Å²) >= 11 is 0. The average molecular weight is 1100 g/mol. The number of carbonyl (C=O) groups excluding carboxylic acids is 2. The third-order valence-electron chi connectivity index (χ3n) is 16.4. The molecule has 6 heteroatoms. The Morgan fingerprint density at radius 1 is 0.359 bits per heavy atom. The van der Waals surface area contributed by atoms with Gasteiger partial charge in [0, 0.05) is 12.8 Å². The molecule has 0 fully saturated rings. The highest BCUT2D eigenvalue weighted by atomic mass is 16.5. The molecule has 0 saturated heterocycles. The SMILES string of the molecule is CCCCC/C=C\C/C=C\CCCCCCCCCC(=O)OCCCCCCCCCCCCCCCCCCCCCCCCCCCCCCCC(=O)NC(CO)C(O)/C=C/CCCCCCCCCCCCCCC. The van der Waals surface area contributed by atoms with Gasteiger partial charge < -0.3 is 20.3 Å². The van der Waals surface area contributed by atoms with E-state index in [9.17, 15) is 19.8 Å². The Morgan fingerprint density at radius 3 is 1.00 bits per heavy atom. The molecule has 0 aliphatic rings. The first-order chi connectivity index (χ1) is 38.5. The second-order valence-electron chi connectivity index (χ2n) is 24.2. The van der Waals surface area contributed by atoms with Gasteiger partial charge in [-0.25, -0.2) is 0 Å². The van der Waals surface area contributed by atoms with Gasteiger partial charge in [0.15, 0.2) is 0 Å². The zero-order chi connectivity index (χ0) is 56.4. The van der Waals surface area contributed by atoms with Gasteiger partial charge in [0.1, 0.15) is 0 Å². The summed E-state index contributed by atoms with van der Waals surface area (Å²) in [6, 6.07) is -0.625. The van der Waals surface area contributed by atoms with Crippen LogP contribution in [0.15, 0.2) is 36.5 Å². The van der Waals surface area contributed by atoms with Crippen LogP contribution in [0.4, 0.5) is 0 Å². The smallest absolute Gasteiger partial charge is 0.305 e. The summed E-state index contributed by atoms with van der Waals surface area (Å²) < 4.78 is 5.50. The van der Waals surface area contributed by atoms with Gasteiger partial charge in [-0.1, -0.05) is 346 Å². The van der Waals surface area contributed by atoms with Crippen molar-refractivity contribution >= 4 is 11.9 Å². The fourth-order valence-corrected chi connectivity index (χ4v) is 11.0. The van der Waals surface area contributed by atoms with Crippen LogP contribution in [0.2, 0.25) is 0 Å². The van der Waals surface area contributed by atoms with Crippen molar-refractivity contribution in [2.24, 2.45) is 0 Å². The van der Waals surface area contributed by atoms with Gasteiger partial charge in [-0.05, 0) is 64.2 Å². The minimum absolute atomic E-state index is 0.0117. The highest BCUT2D eigenvalue weighted by Crippen LogP contribution is 2.19. The number of rotatable bonds is 66. The van der Waals surface area contributed by atoms with E-state index in [-0.39, 0.29) is 18.5 Å². The third-order valence-corrected chi connectivity index (χ3v) is 16.4. The second-order valence-corrected chi connectivity index (χ2v) is 24.2. The van der Waals surface area contributed by atoms with Crippen LogP contribution in [-0.4, -0.2) is 47.4 Å². The molecule has 460 valence electrons. The molecule has 78 heavy (non-hydrogen) atoms. The van der Waals surface area contributed by atoms with Gasteiger partial charge in [0.25, 0.3) is 0 Å². The molecule has 0 aromatic carbocycles. The van der Waals surface area contributed by atoms with Gasteiger partial charge in [-0.15, -0.1) is 0 Å². The summed E-state index contributed by atoms with van der Waals surface area (Å²) in [5.41, 5.74) is 0. The second kappa shape index (κ2) is 67.6. The number of nitrogens with one attached hydrogen (secondary N) is 1. The molecular formula is C72H137NO5. The quantitative estimate of drug-likeness (QED) is 0.0320. The van der Waals surface area contributed by atoms with E-state index in [1.807, 2.05) is 6.08 Å². The Balaban J connectivity index is 3.35. The molecule has 3 N–H and O–H groups in total. The van der Waals surface area contributed by atoms with Crippen LogP contribution >= 0.6 is 0 Å². The predicted molar refractivity (Wildman–Crippen MR) is 343 cm³/mol. The molecular weight excluding hydrogens is 959 g/mol. The number of aliphatic hydroxyl groups is 2. The fourth-order valence-electron chi connectivity index (χ4n) is 11.0. The topological polar surface area (TPSA) is 95.9 Å². The maximum absolute atomic E-state index is 12.5. The predicted octanol–water partition coefficient (Wildman–Crippen LogP) is 22.7. The summed E-state index contributed by atoms with van der Waals surface area (Å²) in [5, 5.41) is 23.2. The molecule has 0 bridgehead atoms. The summed E-state index contributed by atoms with van der Waals surface area (Å²) in [4.78, 5) is 24.6. The van der Waals surface area contributed by atoms with E-state index in [2.05, 4.69) is 43.5 Å². The lowest BCUT2D eigenvalue weighted by Gasteiger charge is -2.20. The number of hydrogen-bond acceptors (Lipinski definition) is 5. The average Bonchev–Trinajstić information content (AvgIpc) is 3.44. The first-order valence-corrected chi connectivity index (χ1v) is 35.3. The minimum Gasteiger partial charge on any atom is -0.466 e. The number of hydrogen-bond donors (Lipinski definition) is 3. The Morgan fingerprint density at radius 2 is 0.641 bits per heavy atom. The van der Waals surface area contributed by atoms with Crippen molar-refractivity contribution in [3.63, 3.8) is 0 Å². The van der Waals surface area contributed by atoms with Crippen LogP contribution in [0.3, 0.4) is 0 Å². The van der Waals surface area contributed by atoms with Crippen LogP contribution in [0, 0.1) is 0 Å². The molecule has 0 heterocycles. The summed E-state index contributed by atoms with van der Waals surface area (Å²) in [6.07, 6.45) is 86.5. The maximum Gasteiger partial charge on any atom is 0.305 e. The molecule has 0 saturated carbocycles. The van der Waals surface area contributed by atoms with Gasteiger partial charge in [0.2, 0.25) is 5.91 Å². The number of carbonyl (C=O) groups is 2. The van der Waals surface area contributed by atoms with Crippen molar-refractivity contribution in [1.29, 1.82) is 0 Å². The van der Waals surface area contributed by atoms with Crippen LogP contribution in [0.1, 0.15) is 386 Å². The van der Waals surface area contributed by atoms with Crippen LogP contribution in [0.25, 0.3) is 0 Å². The number of esters is 1. The van der Waals surface area contributed by atoms with Crippen molar-refractivity contribution in [3.05, 3.63) is 36.5 Å². The largest absolute Gasteiger partial charge is 0.466 e. The monoisotopic (exact) mass is 1100 g/mol. The molecule has 0 rings (SSSR count). The van der Waals surface area contributed by atoms with Crippen molar-refractivity contribution in [3.8, 4) is 0 Å².